The van der Waals surface area contributed by atoms with Gasteiger partial charge in [0.25, 0.3) is 0 Å². The minimum absolute atomic E-state index is 0.0503. The van der Waals surface area contributed by atoms with E-state index in [4.69, 9.17) is 4.42 Å². The predicted molar refractivity (Wildman–Crippen MR) is 136 cm³/mol. The zero-order chi connectivity index (χ0) is 23.2. The Balaban J connectivity index is 1.51. The van der Waals surface area contributed by atoms with Gasteiger partial charge in [-0.2, -0.15) is 0 Å². The van der Waals surface area contributed by atoms with Crippen molar-refractivity contribution in [3.63, 3.8) is 0 Å². The Bertz CT molecular complexity index is 1280. The molecule has 0 aliphatic rings. The van der Waals surface area contributed by atoms with Crippen molar-refractivity contribution in [2.45, 2.75) is 71.6 Å². The predicted octanol–water partition coefficient (Wildman–Crippen LogP) is 8.61. The number of halogens is 1. The van der Waals surface area contributed by atoms with Crippen molar-refractivity contribution in [1.82, 2.24) is 0 Å². The molecule has 3 heteroatoms. The second-order valence-corrected chi connectivity index (χ2v) is 8.99. The Morgan fingerprint density at radius 3 is 2.12 bits per heavy atom. The van der Waals surface area contributed by atoms with Gasteiger partial charge in [-0.15, -0.1) is 0 Å². The summed E-state index contributed by atoms with van der Waals surface area (Å²) in [4.78, 5) is 12.7. The molecule has 0 spiro atoms. The van der Waals surface area contributed by atoms with Gasteiger partial charge in [-0.05, 0) is 47.6 Å². The highest BCUT2D eigenvalue weighted by molar-refractivity contribution is 6.05. The van der Waals surface area contributed by atoms with Crippen molar-refractivity contribution in [2.75, 3.05) is 0 Å². The summed E-state index contributed by atoms with van der Waals surface area (Å²) in [5.41, 5.74) is 3.48. The van der Waals surface area contributed by atoms with Gasteiger partial charge in [0.15, 0.2) is 11.4 Å². The van der Waals surface area contributed by atoms with Crippen LogP contribution in [0.3, 0.4) is 0 Å². The molecule has 0 fully saturated rings. The highest BCUT2D eigenvalue weighted by Crippen LogP contribution is 2.30. The van der Waals surface area contributed by atoms with E-state index in [1.807, 2.05) is 31.2 Å². The second-order valence-electron chi connectivity index (χ2n) is 8.99. The molecule has 1 aromatic heterocycles. The van der Waals surface area contributed by atoms with Gasteiger partial charge in [0.1, 0.15) is 0 Å². The number of rotatable bonds is 10. The molecule has 2 nitrogen and oxygen atoms in total. The Morgan fingerprint density at radius 1 is 0.727 bits per heavy atom. The lowest BCUT2D eigenvalue weighted by Crippen LogP contribution is -2.02. The van der Waals surface area contributed by atoms with Gasteiger partial charge in [0.2, 0.25) is 0 Å². The van der Waals surface area contributed by atoms with Crippen LogP contribution in [0.2, 0.25) is 0 Å². The summed E-state index contributed by atoms with van der Waals surface area (Å²) in [6, 6.07) is 18.0. The fraction of sp³-hybridized carbons (Fsp3) is 0.367. The van der Waals surface area contributed by atoms with Gasteiger partial charge in [0, 0.05) is 10.8 Å². The van der Waals surface area contributed by atoms with Gasteiger partial charge < -0.3 is 4.42 Å². The average Bonchev–Trinajstić information content (AvgIpc) is 2.84. The van der Waals surface area contributed by atoms with Crippen molar-refractivity contribution in [3.05, 3.63) is 82.0 Å². The van der Waals surface area contributed by atoms with Crippen LogP contribution < -0.4 is 5.63 Å². The number of fused-ring (bicyclic) bond motifs is 3. The van der Waals surface area contributed by atoms with Gasteiger partial charge in [-0.25, -0.2) is 9.18 Å². The molecule has 0 N–H and O–H groups in total. The van der Waals surface area contributed by atoms with Gasteiger partial charge in [-0.3, -0.25) is 0 Å². The lowest BCUT2D eigenvalue weighted by molar-refractivity contribution is 0.525. The van der Waals surface area contributed by atoms with E-state index in [0.29, 0.717) is 22.8 Å². The third-order valence-corrected chi connectivity index (χ3v) is 6.64. The largest absolute Gasteiger partial charge is 0.419 e. The summed E-state index contributed by atoms with van der Waals surface area (Å²) in [6.45, 7) is 4.14. The SMILES string of the molecule is CCCCCCCCCc1ccc(-c2ccc3c(c2)c(=O)oc2c(F)c(CC)ccc23)cc1. The Morgan fingerprint density at radius 2 is 1.39 bits per heavy atom. The molecule has 0 aliphatic carbocycles. The molecule has 0 amide bonds. The quantitative estimate of drug-likeness (QED) is 0.139. The van der Waals surface area contributed by atoms with E-state index >= 15 is 0 Å². The van der Waals surface area contributed by atoms with Crippen LogP contribution in [-0.2, 0) is 12.8 Å². The van der Waals surface area contributed by atoms with Gasteiger partial charge in [0.05, 0.1) is 5.39 Å². The Labute approximate surface area is 195 Å². The summed E-state index contributed by atoms with van der Waals surface area (Å²) in [6.07, 6.45) is 10.9. The maximum absolute atomic E-state index is 14.7. The zero-order valence-electron chi connectivity index (χ0n) is 19.8. The molecule has 1 heterocycles. The average molecular weight is 445 g/mol. The minimum Gasteiger partial charge on any atom is -0.419 e. The summed E-state index contributed by atoms with van der Waals surface area (Å²) >= 11 is 0. The molecule has 4 rings (SSSR count). The molecular formula is C30H33FO2. The van der Waals surface area contributed by atoms with Crippen LogP contribution in [0.1, 0.15) is 69.9 Å². The number of hydrogen-bond donors (Lipinski definition) is 0. The minimum atomic E-state index is -0.498. The molecule has 0 aliphatic heterocycles. The monoisotopic (exact) mass is 444 g/mol. The molecule has 3 aromatic carbocycles. The summed E-state index contributed by atoms with van der Waals surface area (Å²) in [5.74, 6) is -0.436. The number of benzene rings is 3. The van der Waals surface area contributed by atoms with E-state index in [0.717, 1.165) is 22.9 Å². The van der Waals surface area contributed by atoms with E-state index < -0.39 is 11.4 Å². The van der Waals surface area contributed by atoms with Crippen LogP contribution in [0.4, 0.5) is 4.39 Å². The molecule has 0 bridgehead atoms. The van der Waals surface area contributed by atoms with Crippen LogP contribution in [0.5, 0.6) is 0 Å². The molecule has 33 heavy (non-hydrogen) atoms. The van der Waals surface area contributed by atoms with Crippen molar-refractivity contribution in [3.8, 4) is 11.1 Å². The van der Waals surface area contributed by atoms with Gasteiger partial charge >= 0.3 is 5.63 Å². The maximum atomic E-state index is 14.7. The fourth-order valence-electron chi connectivity index (χ4n) is 4.61. The molecular weight excluding hydrogens is 411 g/mol. The number of hydrogen-bond acceptors (Lipinski definition) is 2. The topological polar surface area (TPSA) is 30.2 Å². The summed E-state index contributed by atoms with van der Waals surface area (Å²) in [5, 5.41) is 1.84. The van der Waals surface area contributed by atoms with Crippen LogP contribution in [-0.4, -0.2) is 0 Å². The van der Waals surface area contributed by atoms with Crippen LogP contribution >= 0.6 is 0 Å². The van der Waals surface area contributed by atoms with Gasteiger partial charge in [-0.1, -0.05) is 101 Å². The van der Waals surface area contributed by atoms with Crippen molar-refractivity contribution in [1.29, 1.82) is 0 Å². The molecule has 4 aromatic rings. The molecule has 0 saturated carbocycles. The van der Waals surface area contributed by atoms with E-state index in [1.165, 1.54) is 50.5 Å². The lowest BCUT2D eigenvalue weighted by Gasteiger charge is -2.09. The Hall–Kier alpha value is -2.94. The van der Waals surface area contributed by atoms with E-state index in [9.17, 15) is 9.18 Å². The molecule has 0 saturated heterocycles. The second kappa shape index (κ2) is 10.8. The lowest BCUT2D eigenvalue weighted by atomic mass is 9.98. The summed E-state index contributed by atoms with van der Waals surface area (Å²) in [7, 11) is 0. The van der Waals surface area contributed by atoms with Crippen molar-refractivity contribution < 1.29 is 8.81 Å². The Kier molecular flexibility index (Phi) is 7.59. The first-order valence-corrected chi connectivity index (χ1v) is 12.4. The maximum Gasteiger partial charge on any atom is 0.344 e. The smallest absolute Gasteiger partial charge is 0.344 e. The fourth-order valence-corrected chi connectivity index (χ4v) is 4.61. The third-order valence-electron chi connectivity index (χ3n) is 6.64. The zero-order valence-corrected chi connectivity index (χ0v) is 19.8. The number of unbranched alkanes of at least 4 members (excludes halogenated alkanes) is 6. The molecule has 0 unspecified atom stereocenters. The van der Waals surface area contributed by atoms with Crippen molar-refractivity contribution in [2.24, 2.45) is 0 Å². The number of aryl methyl sites for hydroxylation is 2. The first-order valence-electron chi connectivity index (χ1n) is 12.4. The highest BCUT2D eigenvalue weighted by atomic mass is 19.1. The molecule has 0 radical (unpaired) electrons. The van der Waals surface area contributed by atoms with E-state index in [-0.39, 0.29) is 5.58 Å². The van der Waals surface area contributed by atoms with Crippen LogP contribution in [0.15, 0.2) is 63.8 Å². The molecule has 0 atom stereocenters. The first kappa shape index (κ1) is 23.2. The van der Waals surface area contributed by atoms with Crippen LogP contribution in [0.25, 0.3) is 32.9 Å². The van der Waals surface area contributed by atoms with Crippen LogP contribution in [0, 0.1) is 5.82 Å². The molecule has 172 valence electrons. The van der Waals surface area contributed by atoms with Crippen molar-refractivity contribution >= 4 is 21.7 Å². The van der Waals surface area contributed by atoms with E-state index in [1.54, 1.807) is 6.07 Å². The highest BCUT2D eigenvalue weighted by Gasteiger charge is 2.14. The first-order chi connectivity index (χ1) is 16.1. The van der Waals surface area contributed by atoms with E-state index in [2.05, 4.69) is 31.2 Å². The standard InChI is InChI=1S/C30H33FO2/c1-3-5-6-7-8-9-10-11-21-12-14-23(15-13-21)24-17-18-25-26-19-16-22(4-2)28(31)29(26)33-30(32)27(25)20-24/h12-20H,3-11H2,1-2H3. The third kappa shape index (κ3) is 5.19. The normalized spacial score (nSPS) is 11.5. The summed E-state index contributed by atoms with van der Waals surface area (Å²) < 4.78 is 20.1.